The summed E-state index contributed by atoms with van der Waals surface area (Å²) in [5.41, 5.74) is 0.0957. The van der Waals surface area contributed by atoms with Crippen molar-refractivity contribution in [2.24, 2.45) is 0 Å². The molecule has 24 heavy (non-hydrogen) atoms. The average Bonchev–Trinajstić information content (AvgIpc) is 2.51. The van der Waals surface area contributed by atoms with Crippen molar-refractivity contribution in [1.29, 1.82) is 0 Å². The van der Waals surface area contributed by atoms with E-state index in [0.717, 1.165) is 18.4 Å². The number of anilines is 1. The number of fused-ring (bicyclic) bond motifs is 1. The van der Waals surface area contributed by atoms with Crippen LogP contribution < -0.4 is 4.90 Å². The Morgan fingerprint density at radius 1 is 1.17 bits per heavy atom. The number of methoxy groups -OCH3 is 1. The zero-order valence-electron chi connectivity index (χ0n) is 15.3. The van der Waals surface area contributed by atoms with Crippen LogP contribution in [-0.4, -0.2) is 36.3 Å². The third kappa shape index (κ3) is 3.68. The van der Waals surface area contributed by atoms with Crippen molar-refractivity contribution in [1.82, 2.24) is 4.98 Å². The molecule has 0 aliphatic carbocycles. The predicted molar refractivity (Wildman–Crippen MR) is 91.2 cm³/mol. The van der Waals surface area contributed by atoms with Crippen LogP contribution >= 0.6 is 0 Å². The Kier molecular flexibility index (Phi) is 4.87. The molecule has 0 saturated carbocycles. The number of carbonyl (C=O) groups is 2. The summed E-state index contributed by atoms with van der Waals surface area (Å²) in [5.74, 6) is 0.208. The van der Waals surface area contributed by atoms with Crippen LogP contribution in [0, 0.1) is 0 Å². The maximum absolute atomic E-state index is 12.5. The quantitative estimate of drug-likeness (QED) is 0.777. The molecule has 2 rings (SSSR count). The van der Waals surface area contributed by atoms with Crippen molar-refractivity contribution in [3.05, 3.63) is 23.4 Å². The highest BCUT2D eigenvalue weighted by molar-refractivity contribution is 5.88. The molecule has 0 spiro atoms. The summed E-state index contributed by atoms with van der Waals surface area (Å²) >= 11 is 0. The van der Waals surface area contributed by atoms with E-state index >= 15 is 0 Å². The predicted octanol–water partition coefficient (Wildman–Crippen LogP) is 3.22. The maximum Gasteiger partial charge on any atom is 0.416 e. The number of amides is 1. The van der Waals surface area contributed by atoms with Crippen molar-refractivity contribution in [3.8, 4) is 0 Å². The minimum Gasteiger partial charge on any atom is -0.468 e. The van der Waals surface area contributed by atoms with E-state index in [2.05, 4.69) is 4.98 Å². The summed E-state index contributed by atoms with van der Waals surface area (Å²) in [4.78, 5) is 30.7. The van der Waals surface area contributed by atoms with Crippen molar-refractivity contribution in [3.63, 3.8) is 0 Å². The first kappa shape index (κ1) is 18.2. The van der Waals surface area contributed by atoms with Gasteiger partial charge >= 0.3 is 12.1 Å². The molecule has 0 aromatic carbocycles. The second-order valence-electron chi connectivity index (χ2n) is 7.53. The van der Waals surface area contributed by atoms with E-state index < -0.39 is 17.1 Å². The van der Waals surface area contributed by atoms with Crippen LogP contribution in [0.15, 0.2) is 12.1 Å². The summed E-state index contributed by atoms with van der Waals surface area (Å²) in [6, 6.07) is 3.76. The molecule has 1 aliphatic heterocycles. The molecule has 0 fully saturated rings. The number of ether oxygens (including phenoxy) is 2. The van der Waals surface area contributed by atoms with Crippen LogP contribution in [0.4, 0.5) is 10.6 Å². The number of nitrogens with zero attached hydrogens (tertiary/aromatic N) is 2. The van der Waals surface area contributed by atoms with Gasteiger partial charge < -0.3 is 9.47 Å². The molecule has 1 aromatic rings. The molecule has 0 bridgehead atoms. The van der Waals surface area contributed by atoms with Crippen molar-refractivity contribution in [2.75, 3.05) is 18.6 Å². The van der Waals surface area contributed by atoms with Crippen molar-refractivity contribution < 1.29 is 19.1 Å². The Labute approximate surface area is 143 Å². The lowest BCUT2D eigenvalue weighted by Gasteiger charge is -2.32. The van der Waals surface area contributed by atoms with Crippen LogP contribution in [0.25, 0.3) is 0 Å². The highest BCUT2D eigenvalue weighted by atomic mass is 16.6. The highest BCUT2D eigenvalue weighted by Gasteiger charge is 2.35. The third-order valence-corrected chi connectivity index (χ3v) is 3.99. The van der Waals surface area contributed by atoms with Crippen LogP contribution in [0.5, 0.6) is 0 Å². The first-order chi connectivity index (χ1) is 11.1. The van der Waals surface area contributed by atoms with Gasteiger partial charge in [-0.05, 0) is 59.1 Å². The molecule has 0 unspecified atom stereocenters. The first-order valence-electron chi connectivity index (χ1n) is 8.15. The van der Waals surface area contributed by atoms with Gasteiger partial charge in [-0.15, -0.1) is 0 Å². The number of hydrogen-bond acceptors (Lipinski definition) is 5. The van der Waals surface area contributed by atoms with Gasteiger partial charge in [0, 0.05) is 6.54 Å². The molecule has 6 heteroatoms. The zero-order valence-corrected chi connectivity index (χ0v) is 15.3. The van der Waals surface area contributed by atoms with E-state index in [-0.39, 0.29) is 5.97 Å². The Hall–Kier alpha value is -2.11. The zero-order chi connectivity index (χ0) is 18.1. The van der Waals surface area contributed by atoms with Gasteiger partial charge in [-0.2, -0.15) is 0 Å². The van der Waals surface area contributed by atoms with Gasteiger partial charge in [0.1, 0.15) is 16.8 Å². The molecule has 0 saturated heterocycles. The Balaban J connectivity index is 2.40. The van der Waals surface area contributed by atoms with E-state index in [0.29, 0.717) is 18.1 Å². The second kappa shape index (κ2) is 6.42. The number of carbonyl (C=O) groups excluding carboxylic acids is 2. The van der Waals surface area contributed by atoms with Gasteiger partial charge in [0.25, 0.3) is 0 Å². The number of pyridine rings is 1. The molecular formula is C18H26N2O4. The summed E-state index contributed by atoms with van der Waals surface area (Å²) in [6.07, 6.45) is 1.29. The Morgan fingerprint density at radius 2 is 1.83 bits per heavy atom. The summed E-state index contributed by atoms with van der Waals surface area (Å²) in [5, 5.41) is 0. The SMILES string of the molecule is COC(=O)C(C)(C)c1ccc2c(n1)N(C(=O)OC(C)(C)C)CCC2. The van der Waals surface area contributed by atoms with E-state index in [1.165, 1.54) is 7.11 Å². The largest absolute Gasteiger partial charge is 0.468 e. The molecule has 0 N–H and O–H groups in total. The number of rotatable bonds is 2. The van der Waals surface area contributed by atoms with E-state index in [4.69, 9.17) is 9.47 Å². The molecule has 0 atom stereocenters. The molecule has 1 aromatic heterocycles. The van der Waals surface area contributed by atoms with Crippen LogP contribution in [0.1, 0.15) is 52.3 Å². The summed E-state index contributed by atoms with van der Waals surface area (Å²) in [6.45, 7) is 9.57. The molecule has 1 aliphatic rings. The topological polar surface area (TPSA) is 68.7 Å². The number of hydrogen-bond donors (Lipinski definition) is 0. The fourth-order valence-corrected chi connectivity index (χ4v) is 2.64. The normalized spacial score (nSPS) is 14.8. The van der Waals surface area contributed by atoms with E-state index in [9.17, 15) is 9.59 Å². The highest BCUT2D eigenvalue weighted by Crippen LogP contribution is 2.31. The van der Waals surface area contributed by atoms with Gasteiger partial charge in [-0.25, -0.2) is 9.78 Å². The van der Waals surface area contributed by atoms with Crippen LogP contribution in [-0.2, 0) is 26.1 Å². The number of aryl methyl sites for hydroxylation is 1. The lowest BCUT2D eigenvalue weighted by molar-refractivity contribution is -0.146. The minimum absolute atomic E-state index is 0.366. The summed E-state index contributed by atoms with van der Waals surface area (Å²) in [7, 11) is 1.36. The third-order valence-electron chi connectivity index (χ3n) is 3.99. The number of esters is 1. The van der Waals surface area contributed by atoms with E-state index in [1.54, 1.807) is 18.7 Å². The fraction of sp³-hybridized carbons (Fsp3) is 0.611. The molecule has 2 heterocycles. The van der Waals surface area contributed by atoms with Crippen molar-refractivity contribution >= 4 is 17.9 Å². The van der Waals surface area contributed by atoms with Crippen LogP contribution in [0.3, 0.4) is 0 Å². The average molecular weight is 334 g/mol. The first-order valence-corrected chi connectivity index (χ1v) is 8.15. The van der Waals surface area contributed by atoms with Crippen LogP contribution in [0.2, 0.25) is 0 Å². The van der Waals surface area contributed by atoms with Gasteiger partial charge in [0.2, 0.25) is 0 Å². The molecular weight excluding hydrogens is 308 g/mol. The lowest BCUT2D eigenvalue weighted by Crippen LogP contribution is -2.41. The molecule has 6 nitrogen and oxygen atoms in total. The Bertz CT molecular complexity index is 647. The van der Waals surface area contributed by atoms with Crippen molar-refractivity contribution in [2.45, 2.75) is 58.5 Å². The minimum atomic E-state index is -0.888. The summed E-state index contributed by atoms with van der Waals surface area (Å²) < 4.78 is 10.4. The molecule has 132 valence electrons. The molecule has 0 radical (unpaired) electrons. The van der Waals surface area contributed by atoms with Gasteiger partial charge in [0.15, 0.2) is 0 Å². The smallest absolute Gasteiger partial charge is 0.416 e. The van der Waals surface area contributed by atoms with Gasteiger partial charge in [-0.1, -0.05) is 6.07 Å². The maximum atomic E-state index is 12.5. The lowest BCUT2D eigenvalue weighted by atomic mass is 9.88. The number of aromatic nitrogens is 1. The fourth-order valence-electron chi connectivity index (χ4n) is 2.64. The standard InChI is InChI=1S/C18H26N2O4/c1-17(2,3)24-16(22)20-11-7-8-12-9-10-13(19-14(12)20)18(4,5)15(21)23-6/h9-10H,7-8,11H2,1-6H3. The van der Waals surface area contributed by atoms with E-state index in [1.807, 2.05) is 32.9 Å². The Morgan fingerprint density at radius 3 is 2.42 bits per heavy atom. The van der Waals surface area contributed by atoms with Gasteiger partial charge in [0.05, 0.1) is 12.8 Å². The molecule has 1 amide bonds. The second-order valence-corrected chi connectivity index (χ2v) is 7.53. The monoisotopic (exact) mass is 334 g/mol. The van der Waals surface area contributed by atoms with Gasteiger partial charge in [-0.3, -0.25) is 9.69 Å².